The average molecular weight is 369 g/mol. The SMILES string of the molecule is CCOc1ccc2nc(SCc3c(C)cc(C(C)(C)C)cc3C)[nH]c2c1. The van der Waals surface area contributed by atoms with Crippen molar-refractivity contribution < 1.29 is 4.74 Å². The number of aromatic nitrogens is 2. The first-order valence-electron chi connectivity index (χ1n) is 9.14. The summed E-state index contributed by atoms with van der Waals surface area (Å²) in [5.41, 5.74) is 7.70. The molecule has 0 unspecified atom stereocenters. The van der Waals surface area contributed by atoms with Crippen molar-refractivity contribution in [1.29, 1.82) is 0 Å². The van der Waals surface area contributed by atoms with E-state index in [2.05, 4.69) is 51.7 Å². The molecule has 0 radical (unpaired) electrons. The minimum Gasteiger partial charge on any atom is -0.494 e. The summed E-state index contributed by atoms with van der Waals surface area (Å²) >= 11 is 1.75. The number of H-pyrrole nitrogens is 1. The van der Waals surface area contributed by atoms with E-state index in [0.717, 1.165) is 27.7 Å². The number of benzene rings is 2. The number of rotatable bonds is 5. The summed E-state index contributed by atoms with van der Waals surface area (Å²) in [6.45, 7) is 13.9. The number of fused-ring (bicyclic) bond motifs is 1. The van der Waals surface area contributed by atoms with Crippen molar-refractivity contribution in [3.05, 3.63) is 52.6 Å². The first-order chi connectivity index (χ1) is 12.3. The fraction of sp³-hybridized carbons (Fsp3) is 0.409. The van der Waals surface area contributed by atoms with Crippen LogP contribution in [-0.4, -0.2) is 16.6 Å². The zero-order valence-corrected chi connectivity index (χ0v) is 17.4. The van der Waals surface area contributed by atoms with Gasteiger partial charge in [0.25, 0.3) is 0 Å². The molecule has 26 heavy (non-hydrogen) atoms. The van der Waals surface area contributed by atoms with Crippen LogP contribution in [0.2, 0.25) is 0 Å². The van der Waals surface area contributed by atoms with Gasteiger partial charge in [-0.25, -0.2) is 4.98 Å². The van der Waals surface area contributed by atoms with E-state index in [1.165, 1.54) is 22.3 Å². The number of imidazole rings is 1. The summed E-state index contributed by atoms with van der Waals surface area (Å²) in [5.74, 6) is 1.80. The summed E-state index contributed by atoms with van der Waals surface area (Å²) in [4.78, 5) is 8.11. The van der Waals surface area contributed by atoms with Crippen molar-refractivity contribution in [2.24, 2.45) is 0 Å². The number of thioether (sulfide) groups is 1. The largest absolute Gasteiger partial charge is 0.494 e. The number of nitrogens with zero attached hydrogens (tertiary/aromatic N) is 1. The van der Waals surface area contributed by atoms with Gasteiger partial charge in [-0.1, -0.05) is 44.7 Å². The molecule has 0 spiro atoms. The molecule has 1 aromatic heterocycles. The van der Waals surface area contributed by atoms with Gasteiger partial charge in [0.15, 0.2) is 5.16 Å². The van der Waals surface area contributed by atoms with Gasteiger partial charge in [-0.2, -0.15) is 0 Å². The van der Waals surface area contributed by atoms with Crippen LogP contribution < -0.4 is 4.74 Å². The molecule has 138 valence electrons. The molecule has 0 fully saturated rings. The van der Waals surface area contributed by atoms with Crippen molar-refractivity contribution in [3.63, 3.8) is 0 Å². The Morgan fingerprint density at radius 3 is 2.38 bits per heavy atom. The third-order valence-corrected chi connectivity index (χ3v) is 5.56. The zero-order valence-electron chi connectivity index (χ0n) is 16.6. The predicted octanol–water partition coefficient (Wildman–Crippen LogP) is 6.17. The van der Waals surface area contributed by atoms with Crippen molar-refractivity contribution in [1.82, 2.24) is 9.97 Å². The lowest BCUT2D eigenvalue weighted by Crippen LogP contribution is -2.12. The fourth-order valence-corrected chi connectivity index (χ4v) is 4.17. The van der Waals surface area contributed by atoms with E-state index < -0.39 is 0 Å². The van der Waals surface area contributed by atoms with E-state index in [-0.39, 0.29) is 5.41 Å². The van der Waals surface area contributed by atoms with Gasteiger partial charge in [-0.05, 0) is 60.6 Å². The molecule has 0 saturated heterocycles. The van der Waals surface area contributed by atoms with E-state index in [0.29, 0.717) is 6.61 Å². The number of aryl methyl sites for hydroxylation is 2. The van der Waals surface area contributed by atoms with Gasteiger partial charge in [0.05, 0.1) is 17.6 Å². The lowest BCUT2D eigenvalue weighted by atomic mass is 9.84. The van der Waals surface area contributed by atoms with Gasteiger partial charge in [-0.15, -0.1) is 0 Å². The molecule has 3 aromatic rings. The van der Waals surface area contributed by atoms with Gasteiger partial charge >= 0.3 is 0 Å². The first-order valence-corrected chi connectivity index (χ1v) is 10.1. The molecule has 3 nitrogen and oxygen atoms in total. The van der Waals surface area contributed by atoms with Gasteiger partial charge in [-0.3, -0.25) is 0 Å². The lowest BCUT2D eigenvalue weighted by Gasteiger charge is -2.22. The average Bonchev–Trinajstić information content (AvgIpc) is 2.95. The Labute approximate surface area is 160 Å². The van der Waals surface area contributed by atoms with Gasteiger partial charge < -0.3 is 9.72 Å². The van der Waals surface area contributed by atoms with Gasteiger partial charge in [0.2, 0.25) is 0 Å². The Hall–Kier alpha value is -1.94. The fourth-order valence-electron chi connectivity index (χ4n) is 3.08. The smallest absolute Gasteiger partial charge is 0.166 e. The molecule has 0 saturated carbocycles. The van der Waals surface area contributed by atoms with E-state index >= 15 is 0 Å². The number of nitrogens with one attached hydrogen (secondary N) is 1. The van der Waals surface area contributed by atoms with E-state index in [9.17, 15) is 0 Å². The highest BCUT2D eigenvalue weighted by Crippen LogP contribution is 2.31. The Bertz CT molecular complexity index is 899. The van der Waals surface area contributed by atoms with Crippen molar-refractivity contribution >= 4 is 22.8 Å². The van der Waals surface area contributed by atoms with Crippen LogP contribution >= 0.6 is 11.8 Å². The summed E-state index contributed by atoms with van der Waals surface area (Å²) in [5, 5.41) is 0.951. The Morgan fingerprint density at radius 1 is 1.08 bits per heavy atom. The van der Waals surface area contributed by atoms with Crippen LogP contribution in [0, 0.1) is 13.8 Å². The van der Waals surface area contributed by atoms with E-state index in [1.54, 1.807) is 11.8 Å². The zero-order chi connectivity index (χ0) is 18.9. The molecule has 2 aromatic carbocycles. The predicted molar refractivity (Wildman–Crippen MR) is 111 cm³/mol. The van der Waals surface area contributed by atoms with Crippen LogP contribution in [-0.2, 0) is 11.2 Å². The molecule has 0 bridgehead atoms. The Balaban J connectivity index is 1.79. The Kier molecular flexibility index (Phi) is 5.33. The minimum absolute atomic E-state index is 0.179. The van der Waals surface area contributed by atoms with Crippen LogP contribution in [0.5, 0.6) is 5.75 Å². The lowest BCUT2D eigenvalue weighted by molar-refractivity contribution is 0.340. The second kappa shape index (κ2) is 7.36. The molecule has 4 heteroatoms. The molecule has 1 heterocycles. The maximum atomic E-state index is 5.57. The third kappa shape index (κ3) is 4.07. The standard InChI is InChI=1S/C22H28N2OS/c1-7-25-17-8-9-19-20(12-17)24-21(23-19)26-13-18-14(2)10-16(11-15(18)3)22(4,5)6/h8-12H,7,13H2,1-6H3,(H,23,24). The van der Waals surface area contributed by atoms with Crippen LogP contribution in [0.15, 0.2) is 35.5 Å². The first kappa shape index (κ1) is 18.8. The van der Waals surface area contributed by atoms with Gasteiger partial charge in [0.1, 0.15) is 5.75 Å². The highest BCUT2D eigenvalue weighted by Gasteiger charge is 2.16. The molecule has 1 N–H and O–H groups in total. The van der Waals surface area contributed by atoms with Crippen molar-refractivity contribution in [2.75, 3.05) is 6.61 Å². The summed E-state index contributed by atoms with van der Waals surface area (Å²) in [7, 11) is 0. The van der Waals surface area contributed by atoms with Crippen LogP contribution in [0.3, 0.4) is 0 Å². The third-order valence-electron chi connectivity index (χ3n) is 4.66. The van der Waals surface area contributed by atoms with E-state index in [4.69, 9.17) is 9.72 Å². The Morgan fingerprint density at radius 2 is 1.77 bits per heavy atom. The van der Waals surface area contributed by atoms with E-state index in [1.807, 2.05) is 25.1 Å². The number of ether oxygens (including phenoxy) is 1. The molecule has 0 aliphatic rings. The number of hydrogen-bond acceptors (Lipinski definition) is 3. The molecule has 3 rings (SSSR count). The molecule has 0 atom stereocenters. The summed E-state index contributed by atoms with van der Waals surface area (Å²) in [6.07, 6.45) is 0. The van der Waals surface area contributed by atoms with Crippen LogP contribution in [0.1, 0.15) is 49.9 Å². The maximum absolute atomic E-state index is 5.57. The minimum atomic E-state index is 0.179. The van der Waals surface area contributed by atoms with Crippen LogP contribution in [0.25, 0.3) is 11.0 Å². The second-order valence-corrected chi connectivity index (χ2v) is 8.75. The monoisotopic (exact) mass is 368 g/mol. The molecular formula is C22H28N2OS. The van der Waals surface area contributed by atoms with Crippen molar-refractivity contribution in [2.45, 2.75) is 57.9 Å². The summed E-state index contributed by atoms with van der Waals surface area (Å²) < 4.78 is 5.57. The quantitative estimate of drug-likeness (QED) is 0.547. The highest BCUT2D eigenvalue weighted by molar-refractivity contribution is 7.98. The molecule has 0 aliphatic carbocycles. The highest BCUT2D eigenvalue weighted by atomic mass is 32.2. The molecular weight excluding hydrogens is 340 g/mol. The van der Waals surface area contributed by atoms with Crippen molar-refractivity contribution in [3.8, 4) is 5.75 Å². The number of aromatic amines is 1. The topological polar surface area (TPSA) is 37.9 Å². The second-order valence-electron chi connectivity index (χ2n) is 7.78. The molecule has 0 aliphatic heterocycles. The van der Waals surface area contributed by atoms with Gasteiger partial charge in [0, 0.05) is 11.8 Å². The summed E-state index contributed by atoms with van der Waals surface area (Å²) in [6, 6.07) is 10.7. The normalized spacial score (nSPS) is 11.9. The molecule has 0 amide bonds. The van der Waals surface area contributed by atoms with Crippen LogP contribution in [0.4, 0.5) is 0 Å². The number of hydrogen-bond donors (Lipinski definition) is 1. The maximum Gasteiger partial charge on any atom is 0.166 e.